The molecular weight excluding hydrogens is 465 g/mol. The fourth-order valence-corrected chi connectivity index (χ4v) is 8.45. The Balaban J connectivity index is 1.40. The summed E-state index contributed by atoms with van der Waals surface area (Å²) in [5.74, 6) is 0.313. The zero-order valence-electron chi connectivity index (χ0n) is 18.0. The van der Waals surface area contributed by atoms with Crippen LogP contribution in [0.25, 0.3) is 27.2 Å². The molecule has 4 heterocycles. The van der Waals surface area contributed by atoms with E-state index in [-0.39, 0.29) is 10.5 Å². The van der Waals surface area contributed by atoms with Gasteiger partial charge >= 0.3 is 0 Å². The minimum absolute atomic E-state index is 0.102. The Morgan fingerprint density at radius 1 is 0.848 bits per heavy atom. The molecule has 0 saturated heterocycles. The lowest BCUT2D eigenvalue weighted by Crippen LogP contribution is -2.02. The molecule has 1 aliphatic heterocycles. The minimum atomic E-state index is -0.102. The molecule has 7 heteroatoms. The quantitative estimate of drug-likeness (QED) is 0.260. The Hall–Kier alpha value is -2.87. The monoisotopic (exact) mass is 485 g/mol. The van der Waals surface area contributed by atoms with Crippen LogP contribution in [0.15, 0.2) is 91.0 Å². The van der Waals surface area contributed by atoms with Gasteiger partial charge in [0.1, 0.15) is 10.9 Å². The van der Waals surface area contributed by atoms with E-state index in [1.165, 1.54) is 24.5 Å². The standard InChI is InChI=1S/C26H21N4S3/c1-2-6-18-24-19(30-26(27)29-18)12-11-17(28-24)16-13-14-33(15-16)23-10-5-9-22-25(23)32-21-8-4-3-7-20(21)31-22/h3-5,7-15H,2,6H2,1H3,(H2,27,29,30)/q+1. The highest BCUT2D eigenvalue weighted by atomic mass is 32.2. The maximum absolute atomic E-state index is 5.91. The molecule has 162 valence electrons. The number of hydrogen-bond acceptors (Lipinski definition) is 6. The van der Waals surface area contributed by atoms with Gasteiger partial charge in [0.2, 0.25) is 5.95 Å². The minimum Gasteiger partial charge on any atom is -0.368 e. The average molecular weight is 486 g/mol. The molecule has 0 bridgehead atoms. The van der Waals surface area contributed by atoms with E-state index in [9.17, 15) is 0 Å². The third-order valence-corrected chi connectivity index (χ3v) is 10.1. The lowest BCUT2D eigenvalue weighted by molar-refractivity contribution is 0.885. The maximum Gasteiger partial charge on any atom is 0.220 e. The van der Waals surface area contributed by atoms with Crippen molar-refractivity contribution in [1.29, 1.82) is 0 Å². The molecule has 6 rings (SSSR count). The van der Waals surface area contributed by atoms with Crippen molar-refractivity contribution in [2.45, 2.75) is 39.3 Å². The Kier molecular flexibility index (Phi) is 5.32. The number of nitrogen functional groups attached to an aromatic ring is 1. The highest BCUT2D eigenvalue weighted by Gasteiger charge is 2.25. The zero-order valence-corrected chi connectivity index (χ0v) is 20.4. The predicted octanol–water partition coefficient (Wildman–Crippen LogP) is 7.58. The first-order chi connectivity index (χ1) is 16.2. The Morgan fingerprint density at radius 3 is 2.52 bits per heavy atom. The number of thiophene rings is 1. The summed E-state index contributed by atoms with van der Waals surface area (Å²) >= 11 is 3.75. The first-order valence-corrected chi connectivity index (χ1v) is 13.8. The molecule has 33 heavy (non-hydrogen) atoms. The summed E-state index contributed by atoms with van der Waals surface area (Å²) in [6.45, 7) is 2.14. The fourth-order valence-electron chi connectivity index (χ4n) is 4.02. The van der Waals surface area contributed by atoms with Crippen LogP contribution in [0.4, 0.5) is 5.95 Å². The van der Waals surface area contributed by atoms with Crippen LogP contribution < -0.4 is 5.73 Å². The van der Waals surface area contributed by atoms with Gasteiger partial charge in [-0.05, 0) is 42.8 Å². The topological polar surface area (TPSA) is 64.7 Å². The van der Waals surface area contributed by atoms with Crippen molar-refractivity contribution in [2.75, 3.05) is 5.73 Å². The molecule has 4 nitrogen and oxygen atoms in total. The molecule has 5 aromatic rings. The van der Waals surface area contributed by atoms with Crippen LogP contribution in [-0.2, 0) is 6.42 Å². The smallest absolute Gasteiger partial charge is 0.220 e. The van der Waals surface area contributed by atoms with Crippen LogP contribution in [0, 0.1) is 0 Å². The van der Waals surface area contributed by atoms with Crippen molar-refractivity contribution < 1.29 is 0 Å². The second kappa shape index (κ2) is 8.48. The van der Waals surface area contributed by atoms with Gasteiger partial charge in [0, 0.05) is 31.2 Å². The van der Waals surface area contributed by atoms with Gasteiger partial charge in [0.15, 0.2) is 10.3 Å². The molecule has 2 N–H and O–H groups in total. The molecule has 1 unspecified atom stereocenters. The predicted molar refractivity (Wildman–Crippen MR) is 140 cm³/mol. The van der Waals surface area contributed by atoms with E-state index in [4.69, 9.17) is 10.7 Å². The lowest BCUT2D eigenvalue weighted by atomic mass is 10.1. The van der Waals surface area contributed by atoms with Crippen LogP contribution in [0.3, 0.4) is 0 Å². The van der Waals surface area contributed by atoms with Gasteiger partial charge in [-0.15, -0.1) is 0 Å². The number of pyridine rings is 1. The molecule has 0 spiro atoms. The van der Waals surface area contributed by atoms with Crippen molar-refractivity contribution in [1.82, 2.24) is 15.0 Å². The van der Waals surface area contributed by atoms with Crippen LogP contribution in [0.2, 0.25) is 0 Å². The Labute approximate surface area is 203 Å². The summed E-state index contributed by atoms with van der Waals surface area (Å²) < 4.78 is 0. The summed E-state index contributed by atoms with van der Waals surface area (Å²) in [4.78, 5) is 20.5. The molecule has 2 aromatic carbocycles. The summed E-state index contributed by atoms with van der Waals surface area (Å²) in [6, 6.07) is 21.5. The van der Waals surface area contributed by atoms with E-state index in [1.54, 1.807) is 0 Å². The molecule has 1 atom stereocenters. The van der Waals surface area contributed by atoms with Crippen LogP contribution in [-0.4, -0.2) is 15.0 Å². The SMILES string of the molecule is CCCc1nc(N)nc2ccc(-c3cc[s+](-c4cccc5c4Sc4ccccc4S5)c3)nc12. The van der Waals surface area contributed by atoms with E-state index in [1.807, 2.05) is 35.7 Å². The van der Waals surface area contributed by atoms with E-state index < -0.39 is 0 Å². The molecule has 0 amide bonds. The number of aromatic nitrogens is 3. The van der Waals surface area contributed by atoms with Gasteiger partial charge in [0.05, 0.1) is 27.4 Å². The number of nitrogens with zero attached hydrogens (tertiary/aromatic N) is 3. The van der Waals surface area contributed by atoms with Crippen molar-refractivity contribution >= 4 is 51.0 Å². The number of hydrogen-bond donors (Lipinski definition) is 1. The second-order valence-electron chi connectivity index (χ2n) is 7.82. The third-order valence-electron chi connectivity index (χ3n) is 5.54. The van der Waals surface area contributed by atoms with Gasteiger partial charge < -0.3 is 5.73 Å². The van der Waals surface area contributed by atoms with E-state index in [2.05, 4.69) is 76.2 Å². The number of benzene rings is 2. The highest BCUT2D eigenvalue weighted by Crippen LogP contribution is 2.53. The normalized spacial score (nSPS) is 13.1. The average Bonchev–Trinajstić information content (AvgIpc) is 3.32. The van der Waals surface area contributed by atoms with E-state index >= 15 is 0 Å². The molecule has 0 fully saturated rings. The summed E-state index contributed by atoms with van der Waals surface area (Å²) in [5.41, 5.74) is 10.6. The number of nitrogens with two attached hydrogens (primary N) is 1. The van der Waals surface area contributed by atoms with E-state index in [0.29, 0.717) is 5.95 Å². The van der Waals surface area contributed by atoms with E-state index in [0.717, 1.165) is 40.8 Å². The van der Waals surface area contributed by atoms with Gasteiger partial charge in [-0.25, -0.2) is 15.0 Å². The molecular formula is C26H21N4S3+. The van der Waals surface area contributed by atoms with Crippen molar-refractivity contribution in [3.8, 4) is 16.2 Å². The maximum atomic E-state index is 5.91. The number of rotatable bonds is 4. The van der Waals surface area contributed by atoms with Crippen molar-refractivity contribution in [3.05, 3.63) is 77.1 Å². The summed E-state index contributed by atoms with van der Waals surface area (Å²) in [5, 5.41) is 4.64. The molecule has 0 aliphatic carbocycles. The zero-order chi connectivity index (χ0) is 22.4. The third kappa shape index (κ3) is 3.80. The molecule has 3 aromatic heterocycles. The molecule has 0 radical (unpaired) electrons. The van der Waals surface area contributed by atoms with Crippen LogP contribution >= 0.6 is 34.0 Å². The molecule has 1 aliphatic rings. The lowest BCUT2D eigenvalue weighted by Gasteiger charge is -2.17. The van der Waals surface area contributed by atoms with Gasteiger partial charge in [-0.3, -0.25) is 0 Å². The fraction of sp³-hybridized carbons (Fsp3) is 0.115. The summed E-state index contributed by atoms with van der Waals surface area (Å²) in [7, 11) is -0.102. The Bertz CT molecular complexity index is 1510. The van der Waals surface area contributed by atoms with Gasteiger partial charge in [-0.2, -0.15) is 0 Å². The number of fused-ring (bicyclic) bond motifs is 3. The first-order valence-electron chi connectivity index (χ1n) is 10.8. The van der Waals surface area contributed by atoms with Gasteiger partial charge in [0.25, 0.3) is 0 Å². The Morgan fingerprint density at radius 2 is 1.67 bits per heavy atom. The number of aryl methyl sites for hydroxylation is 1. The van der Waals surface area contributed by atoms with Crippen LogP contribution in [0.1, 0.15) is 19.0 Å². The van der Waals surface area contributed by atoms with Gasteiger partial charge in [-0.1, -0.05) is 55.1 Å². The highest BCUT2D eigenvalue weighted by molar-refractivity contribution is 8.05. The number of anilines is 1. The summed E-state index contributed by atoms with van der Waals surface area (Å²) in [6.07, 6.45) is 1.83. The second-order valence-corrected chi connectivity index (χ2v) is 11.7. The van der Waals surface area contributed by atoms with Crippen molar-refractivity contribution in [3.63, 3.8) is 0 Å². The van der Waals surface area contributed by atoms with Crippen LogP contribution in [0.5, 0.6) is 0 Å². The molecule has 0 saturated carbocycles. The van der Waals surface area contributed by atoms with Crippen molar-refractivity contribution in [2.24, 2.45) is 0 Å². The first kappa shape index (κ1) is 20.7. The largest absolute Gasteiger partial charge is 0.368 e.